The van der Waals surface area contributed by atoms with Crippen molar-refractivity contribution in [2.45, 2.75) is 27.3 Å². The molecular weight excluding hydrogens is 520 g/mol. The van der Waals surface area contributed by atoms with E-state index in [-0.39, 0.29) is 6.54 Å². The number of aromatic nitrogens is 1. The van der Waals surface area contributed by atoms with Gasteiger partial charge in [0.15, 0.2) is 0 Å². The minimum absolute atomic E-state index is 0.196. The Balaban J connectivity index is 1.47. The Bertz CT molecular complexity index is 1590. The molecule has 0 fully saturated rings. The van der Waals surface area contributed by atoms with Crippen LogP contribution in [-0.2, 0) is 16.6 Å². The number of carbonyl (C=O) groups excluding carboxylic acids is 1. The van der Waals surface area contributed by atoms with E-state index in [0.717, 1.165) is 33.8 Å². The minimum atomic E-state index is -3.53. The molecule has 0 saturated heterocycles. The van der Waals surface area contributed by atoms with Crippen molar-refractivity contribution in [1.29, 1.82) is 0 Å². The quantitative estimate of drug-likeness (QED) is 0.223. The molecule has 3 aromatic carbocycles. The van der Waals surface area contributed by atoms with Crippen molar-refractivity contribution < 1.29 is 13.2 Å². The van der Waals surface area contributed by atoms with Crippen LogP contribution in [0.5, 0.6) is 0 Å². The Hall–Kier alpha value is -3.88. The van der Waals surface area contributed by atoms with Gasteiger partial charge in [0.2, 0.25) is 10.0 Å². The van der Waals surface area contributed by atoms with Gasteiger partial charge in [-0.05, 0) is 68.8 Å². The third kappa shape index (κ3) is 6.15. The number of hydrogen-bond donors (Lipinski definition) is 1. The average Bonchev–Trinajstić information content (AvgIpc) is 3.16. The highest BCUT2D eigenvalue weighted by molar-refractivity contribution is 7.92. The van der Waals surface area contributed by atoms with Gasteiger partial charge in [-0.1, -0.05) is 53.6 Å². The molecule has 0 saturated carbocycles. The monoisotopic (exact) mass is 548 g/mol. The van der Waals surface area contributed by atoms with Crippen LogP contribution in [-0.4, -0.2) is 31.4 Å². The van der Waals surface area contributed by atoms with Crippen molar-refractivity contribution in [3.8, 4) is 5.69 Å². The number of aryl methyl sites for hydroxylation is 2. The Kier molecular flexibility index (Phi) is 8.04. The van der Waals surface area contributed by atoms with Crippen molar-refractivity contribution in [2.75, 3.05) is 10.6 Å². The standard InChI is InChI=1S/C29H29ClN4O3S/c1-20-9-11-23(12-10-20)19-33(38(4,36)37)26-15-13-24(14-16-26)29(35)32-31-18-25-17-21(2)34(22(25)3)28-8-6-5-7-27(28)30/h5-18H,19H2,1-4H3,(H,32,35)/b31-18-. The number of carbonyl (C=O) groups is 1. The van der Waals surface area contributed by atoms with Crippen LogP contribution in [0.3, 0.4) is 0 Å². The SMILES string of the molecule is Cc1ccc(CN(c2ccc(C(=O)N/N=C\c3cc(C)n(-c4ccccc4Cl)c3C)cc2)S(C)(=O)=O)cc1. The summed E-state index contributed by atoms with van der Waals surface area (Å²) in [6.07, 6.45) is 2.76. The first-order valence-electron chi connectivity index (χ1n) is 11.9. The fourth-order valence-electron chi connectivity index (χ4n) is 4.19. The highest BCUT2D eigenvalue weighted by Crippen LogP contribution is 2.26. The molecule has 0 spiro atoms. The number of nitrogens with zero attached hydrogens (tertiary/aromatic N) is 3. The zero-order chi connectivity index (χ0) is 27.4. The molecule has 0 aliphatic heterocycles. The van der Waals surface area contributed by atoms with E-state index in [4.69, 9.17) is 11.6 Å². The number of anilines is 1. The number of hydrogen-bond acceptors (Lipinski definition) is 4. The summed E-state index contributed by atoms with van der Waals surface area (Å²) in [5.41, 5.74) is 8.98. The molecular formula is C29H29ClN4O3S. The van der Waals surface area contributed by atoms with E-state index in [1.807, 2.05) is 79.9 Å². The van der Waals surface area contributed by atoms with Crippen LogP contribution in [0.4, 0.5) is 5.69 Å². The molecule has 0 atom stereocenters. The van der Waals surface area contributed by atoms with Gasteiger partial charge in [0, 0.05) is 22.5 Å². The largest absolute Gasteiger partial charge is 0.316 e. The van der Waals surface area contributed by atoms with Crippen molar-refractivity contribution in [3.63, 3.8) is 0 Å². The number of amides is 1. The fourth-order valence-corrected chi connectivity index (χ4v) is 5.29. The number of nitrogens with one attached hydrogen (secondary N) is 1. The summed E-state index contributed by atoms with van der Waals surface area (Å²) in [4.78, 5) is 12.7. The molecule has 196 valence electrons. The van der Waals surface area contributed by atoms with Crippen LogP contribution < -0.4 is 9.73 Å². The number of benzene rings is 3. The molecule has 1 heterocycles. The lowest BCUT2D eigenvalue weighted by Crippen LogP contribution is -2.29. The highest BCUT2D eigenvalue weighted by atomic mass is 35.5. The first-order chi connectivity index (χ1) is 18.0. The molecule has 0 aliphatic carbocycles. The number of sulfonamides is 1. The lowest BCUT2D eigenvalue weighted by molar-refractivity contribution is 0.0955. The number of para-hydroxylation sites is 1. The van der Waals surface area contributed by atoms with Crippen LogP contribution in [0.2, 0.25) is 5.02 Å². The van der Waals surface area contributed by atoms with Crippen LogP contribution in [0, 0.1) is 20.8 Å². The fraction of sp³-hybridized carbons (Fsp3) is 0.172. The summed E-state index contributed by atoms with van der Waals surface area (Å²) in [6, 6.07) is 23.6. The predicted octanol–water partition coefficient (Wildman–Crippen LogP) is 5.79. The number of rotatable bonds is 8. The molecule has 4 aromatic rings. The highest BCUT2D eigenvalue weighted by Gasteiger charge is 2.18. The molecule has 0 bridgehead atoms. The summed E-state index contributed by atoms with van der Waals surface area (Å²) in [6.45, 7) is 6.11. The van der Waals surface area contributed by atoms with E-state index in [0.29, 0.717) is 16.3 Å². The van der Waals surface area contributed by atoms with Gasteiger partial charge >= 0.3 is 0 Å². The first-order valence-corrected chi connectivity index (χ1v) is 14.2. The molecule has 4 rings (SSSR count). The summed E-state index contributed by atoms with van der Waals surface area (Å²) in [5.74, 6) is -0.405. The van der Waals surface area contributed by atoms with Crippen molar-refractivity contribution in [2.24, 2.45) is 5.10 Å². The maximum Gasteiger partial charge on any atom is 0.271 e. The Morgan fingerprint density at radius 3 is 2.29 bits per heavy atom. The Labute approximate surface area is 228 Å². The van der Waals surface area contributed by atoms with Crippen LogP contribution in [0.25, 0.3) is 5.69 Å². The van der Waals surface area contributed by atoms with Gasteiger partial charge in [-0.15, -0.1) is 0 Å². The third-order valence-corrected chi connectivity index (χ3v) is 7.66. The van der Waals surface area contributed by atoms with Gasteiger partial charge in [0.25, 0.3) is 5.91 Å². The molecule has 1 aromatic heterocycles. The lowest BCUT2D eigenvalue weighted by Gasteiger charge is -2.22. The summed E-state index contributed by atoms with van der Waals surface area (Å²) in [5, 5.41) is 4.77. The van der Waals surface area contributed by atoms with E-state index < -0.39 is 15.9 Å². The molecule has 0 unspecified atom stereocenters. The van der Waals surface area contributed by atoms with E-state index >= 15 is 0 Å². The second kappa shape index (κ2) is 11.2. The third-order valence-electron chi connectivity index (χ3n) is 6.20. The summed E-state index contributed by atoms with van der Waals surface area (Å²) in [7, 11) is -3.53. The smallest absolute Gasteiger partial charge is 0.271 e. The molecule has 1 N–H and O–H groups in total. The van der Waals surface area contributed by atoms with E-state index in [1.54, 1.807) is 30.5 Å². The molecule has 1 amide bonds. The second-order valence-corrected chi connectivity index (χ2v) is 11.4. The topological polar surface area (TPSA) is 83.8 Å². The normalized spacial score (nSPS) is 11.6. The Morgan fingerprint density at radius 1 is 1.00 bits per heavy atom. The molecule has 9 heteroatoms. The van der Waals surface area contributed by atoms with Gasteiger partial charge in [0.1, 0.15) is 0 Å². The number of hydrazone groups is 1. The first kappa shape index (κ1) is 27.2. The lowest BCUT2D eigenvalue weighted by atomic mass is 10.1. The van der Waals surface area contributed by atoms with Crippen molar-refractivity contribution in [1.82, 2.24) is 9.99 Å². The maximum atomic E-state index is 12.7. The zero-order valence-corrected chi connectivity index (χ0v) is 23.2. The predicted molar refractivity (Wildman–Crippen MR) is 154 cm³/mol. The average molecular weight is 549 g/mol. The van der Waals surface area contributed by atoms with E-state index in [1.165, 1.54) is 10.6 Å². The molecule has 7 nitrogen and oxygen atoms in total. The zero-order valence-electron chi connectivity index (χ0n) is 21.6. The summed E-state index contributed by atoms with van der Waals surface area (Å²) < 4.78 is 28.3. The second-order valence-electron chi connectivity index (χ2n) is 9.11. The number of halogens is 1. The molecule has 0 radical (unpaired) electrons. The van der Waals surface area contributed by atoms with Gasteiger partial charge in [-0.25, -0.2) is 13.8 Å². The molecule has 38 heavy (non-hydrogen) atoms. The van der Waals surface area contributed by atoms with Gasteiger partial charge in [-0.2, -0.15) is 5.10 Å². The minimum Gasteiger partial charge on any atom is -0.316 e. The van der Waals surface area contributed by atoms with Crippen LogP contribution >= 0.6 is 11.6 Å². The van der Waals surface area contributed by atoms with Gasteiger partial charge in [0.05, 0.1) is 35.4 Å². The van der Waals surface area contributed by atoms with Crippen molar-refractivity contribution in [3.05, 3.63) is 118 Å². The van der Waals surface area contributed by atoms with Crippen LogP contribution in [0.15, 0.2) is 84.0 Å². The van der Waals surface area contributed by atoms with Gasteiger partial charge in [-0.3, -0.25) is 9.10 Å². The van der Waals surface area contributed by atoms with E-state index in [9.17, 15) is 13.2 Å². The maximum absolute atomic E-state index is 12.7. The van der Waals surface area contributed by atoms with E-state index in [2.05, 4.69) is 10.5 Å². The molecule has 0 aliphatic rings. The summed E-state index contributed by atoms with van der Waals surface area (Å²) >= 11 is 6.38. The van der Waals surface area contributed by atoms with Gasteiger partial charge < -0.3 is 4.57 Å². The Morgan fingerprint density at radius 2 is 1.66 bits per heavy atom. The van der Waals surface area contributed by atoms with Crippen LogP contribution in [0.1, 0.15) is 38.4 Å². The van der Waals surface area contributed by atoms with Crippen molar-refractivity contribution >= 4 is 39.4 Å².